The van der Waals surface area contributed by atoms with E-state index in [-0.39, 0.29) is 0 Å². The number of nitrogen functional groups attached to an aromatic ring is 1. The lowest BCUT2D eigenvalue weighted by Crippen LogP contribution is -2.39. The smallest absolute Gasteiger partial charge is 0.123 e. The van der Waals surface area contributed by atoms with Gasteiger partial charge in [-0.25, -0.2) is 0 Å². The highest BCUT2D eigenvalue weighted by molar-refractivity contribution is 5.47. The summed E-state index contributed by atoms with van der Waals surface area (Å²) in [5.74, 6) is 0.938. The molecule has 0 bridgehead atoms. The number of rotatable bonds is 3. The van der Waals surface area contributed by atoms with E-state index in [2.05, 4.69) is 18.7 Å². The molecule has 1 aliphatic heterocycles. The first-order valence-electron chi connectivity index (χ1n) is 6.65. The van der Waals surface area contributed by atoms with Crippen molar-refractivity contribution in [3.8, 4) is 5.75 Å². The maximum absolute atomic E-state index is 5.87. The van der Waals surface area contributed by atoms with Crippen LogP contribution in [0.1, 0.15) is 32.3 Å². The van der Waals surface area contributed by atoms with E-state index in [0.29, 0.717) is 5.41 Å². The van der Waals surface area contributed by atoms with Gasteiger partial charge in [0.05, 0.1) is 7.11 Å². The van der Waals surface area contributed by atoms with Crippen molar-refractivity contribution in [2.45, 2.75) is 33.2 Å². The Kier molecular flexibility index (Phi) is 3.81. The quantitative estimate of drug-likeness (QED) is 0.836. The van der Waals surface area contributed by atoms with E-state index in [1.807, 2.05) is 18.2 Å². The van der Waals surface area contributed by atoms with E-state index in [9.17, 15) is 0 Å². The van der Waals surface area contributed by atoms with Gasteiger partial charge >= 0.3 is 0 Å². The van der Waals surface area contributed by atoms with Gasteiger partial charge in [0.15, 0.2) is 0 Å². The molecule has 0 aliphatic carbocycles. The minimum absolute atomic E-state index is 0.422. The van der Waals surface area contributed by atoms with Crippen molar-refractivity contribution in [1.29, 1.82) is 0 Å². The Labute approximate surface area is 110 Å². The molecule has 3 nitrogen and oxygen atoms in total. The number of ether oxygens (including phenoxy) is 1. The molecule has 0 spiro atoms. The maximum Gasteiger partial charge on any atom is 0.123 e. The lowest BCUT2D eigenvalue weighted by atomic mass is 9.84. The molecule has 1 aromatic rings. The zero-order valence-electron chi connectivity index (χ0n) is 11.7. The van der Waals surface area contributed by atoms with Gasteiger partial charge in [-0.2, -0.15) is 0 Å². The molecule has 0 saturated carbocycles. The minimum atomic E-state index is 0.422. The summed E-state index contributed by atoms with van der Waals surface area (Å²) in [6.45, 7) is 7.93. The molecule has 100 valence electrons. The number of piperidine rings is 1. The molecule has 1 aromatic carbocycles. The van der Waals surface area contributed by atoms with Crippen LogP contribution in [0.25, 0.3) is 0 Å². The third kappa shape index (κ3) is 3.16. The highest BCUT2D eigenvalue weighted by Gasteiger charge is 2.26. The van der Waals surface area contributed by atoms with E-state index in [0.717, 1.165) is 24.5 Å². The lowest BCUT2D eigenvalue weighted by molar-refractivity contribution is 0.111. The molecular formula is C15H24N2O. The first kappa shape index (κ1) is 13.2. The van der Waals surface area contributed by atoms with Gasteiger partial charge in [0.1, 0.15) is 5.75 Å². The Balaban J connectivity index is 2.11. The molecule has 2 N–H and O–H groups in total. The summed E-state index contributed by atoms with van der Waals surface area (Å²) in [5, 5.41) is 0. The average Bonchev–Trinajstić information content (AvgIpc) is 2.28. The molecule has 2 rings (SSSR count). The van der Waals surface area contributed by atoms with Gasteiger partial charge in [-0.05, 0) is 43.0 Å². The number of hydrogen-bond acceptors (Lipinski definition) is 3. The Hall–Kier alpha value is -1.22. The minimum Gasteiger partial charge on any atom is -0.496 e. The van der Waals surface area contributed by atoms with E-state index < -0.39 is 0 Å². The van der Waals surface area contributed by atoms with E-state index >= 15 is 0 Å². The summed E-state index contributed by atoms with van der Waals surface area (Å²) in [4.78, 5) is 2.50. The third-order valence-corrected chi connectivity index (χ3v) is 3.68. The van der Waals surface area contributed by atoms with Gasteiger partial charge in [-0.1, -0.05) is 13.8 Å². The zero-order valence-corrected chi connectivity index (χ0v) is 11.7. The molecule has 1 heterocycles. The van der Waals surface area contributed by atoms with Gasteiger partial charge < -0.3 is 10.5 Å². The van der Waals surface area contributed by atoms with Crippen LogP contribution in [0.5, 0.6) is 5.75 Å². The van der Waals surface area contributed by atoms with E-state index in [1.165, 1.54) is 24.9 Å². The Morgan fingerprint density at radius 3 is 2.83 bits per heavy atom. The monoisotopic (exact) mass is 248 g/mol. The summed E-state index contributed by atoms with van der Waals surface area (Å²) in [6.07, 6.45) is 2.59. The Morgan fingerprint density at radius 1 is 1.39 bits per heavy atom. The normalized spacial score (nSPS) is 19.7. The number of likely N-dealkylation sites (tertiary alicyclic amines) is 1. The first-order valence-corrected chi connectivity index (χ1v) is 6.65. The average molecular weight is 248 g/mol. The largest absolute Gasteiger partial charge is 0.496 e. The Bertz CT molecular complexity index is 415. The van der Waals surface area contributed by atoms with Crippen LogP contribution < -0.4 is 10.5 Å². The van der Waals surface area contributed by atoms with Gasteiger partial charge in [0.2, 0.25) is 0 Å². The second kappa shape index (κ2) is 5.19. The second-order valence-corrected chi connectivity index (χ2v) is 6.05. The molecule has 1 fully saturated rings. The summed E-state index contributed by atoms with van der Waals surface area (Å²) in [5.41, 5.74) is 8.29. The molecular weight excluding hydrogens is 224 g/mol. The number of nitrogens with zero attached hydrogens (tertiary/aromatic N) is 1. The summed E-state index contributed by atoms with van der Waals surface area (Å²) < 4.78 is 5.41. The zero-order chi connectivity index (χ0) is 13.2. The van der Waals surface area contributed by atoms with Crippen LogP contribution in [0, 0.1) is 5.41 Å². The van der Waals surface area contributed by atoms with Crippen molar-refractivity contribution in [2.24, 2.45) is 5.41 Å². The molecule has 1 aliphatic rings. The van der Waals surface area contributed by atoms with Crippen molar-refractivity contribution >= 4 is 5.69 Å². The number of hydrogen-bond donors (Lipinski definition) is 1. The summed E-state index contributed by atoms with van der Waals surface area (Å²) in [7, 11) is 1.72. The number of methoxy groups -OCH3 is 1. The molecule has 0 amide bonds. The highest BCUT2D eigenvalue weighted by Crippen LogP contribution is 2.31. The summed E-state index contributed by atoms with van der Waals surface area (Å²) in [6, 6.07) is 5.88. The SMILES string of the molecule is COc1ccc(N)cc1CN1CCCC(C)(C)C1. The highest BCUT2D eigenvalue weighted by atomic mass is 16.5. The number of nitrogens with two attached hydrogens (primary N) is 1. The fourth-order valence-electron chi connectivity index (χ4n) is 2.84. The second-order valence-electron chi connectivity index (χ2n) is 6.05. The Morgan fingerprint density at radius 2 is 2.17 bits per heavy atom. The van der Waals surface area contributed by atoms with Crippen molar-refractivity contribution < 1.29 is 4.74 Å². The van der Waals surface area contributed by atoms with Crippen LogP contribution in [-0.2, 0) is 6.54 Å². The van der Waals surface area contributed by atoms with Gasteiger partial charge in [-0.15, -0.1) is 0 Å². The van der Waals surface area contributed by atoms with Crippen LogP contribution in [-0.4, -0.2) is 25.1 Å². The maximum atomic E-state index is 5.87. The van der Waals surface area contributed by atoms with Gasteiger partial charge in [0, 0.05) is 24.3 Å². The van der Waals surface area contributed by atoms with Crippen molar-refractivity contribution in [1.82, 2.24) is 4.90 Å². The molecule has 0 unspecified atom stereocenters. The number of anilines is 1. The fourth-order valence-corrected chi connectivity index (χ4v) is 2.84. The van der Waals surface area contributed by atoms with Crippen LogP contribution in [0.2, 0.25) is 0 Å². The van der Waals surface area contributed by atoms with E-state index in [4.69, 9.17) is 10.5 Å². The molecule has 0 atom stereocenters. The topological polar surface area (TPSA) is 38.5 Å². The fraction of sp³-hybridized carbons (Fsp3) is 0.600. The van der Waals surface area contributed by atoms with Gasteiger partial charge in [-0.3, -0.25) is 4.90 Å². The molecule has 0 radical (unpaired) electrons. The van der Waals surface area contributed by atoms with Crippen LogP contribution in [0.3, 0.4) is 0 Å². The van der Waals surface area contributed by atoms with Crippen molar-refractivity contribution in [3.63, 3.8) is 0 Å². The van der Waals surface area contributed by atoms with Crippen LogP contribution in [0.15, 0.2) is 18.2 Å². The lowest BCUT2D eigenvalue weighted by Gasteiger charge is -2.38. The van der Waals surface area contributed by atoms with Crippen LogP contribution in [0.4, 0.5) is 5.69 Å². The number of benzene rings is 1. The third-order valence-electron chi connectivity index (χ3n) is 3.68. The molecule has 1 saturated heterocycles. The van der Waals surface area contributed by atoms with E-state index in [1.54, 1.807) is 7.11 Å². The van der Waals surface area contributed by atoms with Crippen LogP contribution >= 0.6 is 0 Å². The molecule has 18 heavy (non-hydrogen) atoms. The van der Waals surface area contributed by atoms with Crippen molar-refractivity contribution in [2.75, 3.05) is 25.9 Å². The predicted octanol–water partition coefficient (Wildman–Crippen LogP) is 2.90. The molecule has 3 heteroatoms. The molecule has 0 aromatic heterocycles. The standard InChI is InChI=1S/C15H24N2O/c1-15(2)7-4-8-17(11-15)10-12-9-13(16)5-6-14(12)18-3/h5-6,9H,4,7-8,10-11,16H2,1-3H3. The van der Waals surface area contributed by atoms with Gasteiger partial charge in [0.25, 0.3) is 0 Å². The first-order chi connectivity index (χ1) is 8.50. The summed E-state index contributed by atoms with van der Waals surface area (Å²) >= 11 is 0. The predicted molar refractivity (Wildman–Crippen MR) is 75.7 cm³/mol. The van der Waals surface area contributed by atoms with Crippen molar-refractivity contribution in [3.05, 3.63) is 23.8 Å².